The minimum Gasteiger partial charge on any atom is -0.394 e. The van der Waals surface area contributed by atoms with Crippen LogP contribution in [0.3, 0.4) is 0 Å². The van der Waals surface area contributed by atoms with E-state index in [0.717, 1.165) is 44.9 Å². The third-order valence-electron chi connectivity index (χ3n) is 6.60. The number of hydrogen-bond acceptors (Lipinski definition) is 3. The summed E-state index contributed by atoms with van der Waals surface area (Å²) in [6.07, 6.45) is 35.0. The second kappa shape index (κ2) is 28.2. The van der Waals surface area contributed by atoms with Crippen LogP contribution in [0, 0.1) is 0 Å². The summed E-state index contributed by atoms with van der Waals surface area (Å²) in [5, 5.41) is 22.7. The van der Waals surface area contributed by atoms with Crippen LogP contribution in [0.4, 0.5) is 0 Å². The van der Waals surface area contributed by atoms with Crippen molar-refractivity contribution in [3.8, 4) is 0 Å². The Morgan fingerprint density at radius 2 is 1.08 bits per heavy atom. The Bertz CT molecular complexity index is 556. The highest BCUT2D eigenvalue weighted by Crippen LogP contribution is 2.10. The Labute approximate surface area is 223 Å². The highest BCUT2D eigenvalue weighted by Gasteiger charge is 2.17. The van der Waals surface area contributed by atoms with E-state index in [1.54, 1.807) is 6.08 Å². The van der Waals surface area contributed by atoms with Crippen LogP contribution in [0.2, 0.25) is 0 Å². The molecule has 0 aliphatic rings. The molecule has 0 spiro atoms. The van der Waals surface area contributed by atoms with Crippen LogP contribution in [0.15, 0.2) is 36.5 Å². The molecule has 0 radical (unpaired) electrons. The van der Waals surface area contributed by atoms with Gasteiger partial charge in [0.15, 0.2) is 0 Å². The van der Waals surface area contributed by atoms with Crippen LogP contribution in [-0.2, 0) is 4.79 Å². The van der Waals surface area contributed by atoms with Gasteiger partial charge in [0, 0.05) is 6.42 Å². The number of carbonyl (C=O) groups excluding carboxylic acids is 1. The van der Waals surface area contributed by atoms with Crippen LogP contribution in [0.5, 0.6) is 0 Å². The molecule has 0 aromatic carbocycles. The lowest BCUT2D eigenvalue weighted by Crippen LogP contribution is -2.45. The average molecular weight is 506 g/mol. The highest BCUT2D eigenvalue weighted by molar-refractivity contribution is 5.76. The number of nitrogens with one attached hydrogen (secondary N) is 1. The number of aliphatic hydroxyl groups is 2. The number of carbonyl (C=O) groups is 1. The summed E-state index contributed by atoms with van der Waals surface area (Å²) in [5.41, 5.74) is 0. The van der Waals surface area contributed by atoms with E-state index < -0.39 is 12.1 Å². The molecule has 0 saturated heterocycles. The van der Waals surface area contributed by atoms with Crippen molar-refractivity contribution in [2.45, 2.75) is 154 Å². The molecule has 2 atom stereocenters. The molecule has 4 nitrogen and oxygen atoms in total. The van der Waals surface area contributed by atoms with Gasteiger partial charge in [-0.25, -0.2) is 0 Å². The van der Waals surface area contributed by atoms with E-state index in [0.29, 0.717) is 6.42 Å². The van der Waals surface area contributed by atoms with Gasteiger partial charge < -0.3 is 15.5 Å². The summed E-state index contributed by atoms with van der Waals surface area (Å²) in [7, 11) is 0. The first-order valence-electron chi connectivity index (χ1n) is 15.2. The molecule has 36 heavy (non-hydrogen) atoms. The maximum atomic E-state index is 12.2. The minimum absolute atomic E-state index is 0.0885. The van der Waals surface area contributed by atoms with Gasteiger partial charge in [-0.1, -0.05) is 115 Å². The monoisotopic (exact) mass is 505 g/mol. The SMILES string of the molecule is CCCCCC/C=C/CC/C=C/C(O)C(CO)NC(=O)CCCCCCC/C=C\CCCCCCC. The van der Waals surface area contributed by atoms with E-state index >= 15 is 0 Å². The largest absolute Gasteiger partial charge is 0.394 e. The molecule has 2 unspecified atom stereocenters. The zero-order valence-electron chi connectivity index (χ0n) is 23.8. The molecule has 1 amide bonds. The van der Waals surface area contributed by atoms with Crippen molar-refractivity contribution in [2.75, 3.05) is 6.61 Å². The number of unbranched alkanes of at least 4 members (excludes halogenated alkanes) is 15. The predicted molar refractivity (Wildman–Crippen MR) is 156 cm³/mol. The Kier molecular flexibility index (Phi) is 27.1. The van der Waals surface area contributed by atoms with E-state index in [9.17, 15) is 15.0 Å². The van der Waals surface area contributed by atoms with Crippen molar-refractivity contribution in [1.82, 2.24) is 5.32 Å². The molecule has 210 valence electrons. The molecule has 0 aromatic heterocycles. The Balaban J connectivity index is 3.75. The predicted octanol–water partition coefficient (Wildman–Crippen LogP) is 8.33. The van der Waals surface area contributed by atoms with E-state index in [2.05, 4.69) is 43.5 Å². The first-order valence-corrected chi connectivity index (χ1v) is 15.2. The molecule has 0 aliphatic carbocycles. The zero-order valence-corrected chi connectivity index (χ0v) is 23.8. The maximum absolute atomic E-state index is 12.2. The van der Waals surface area contributed by atoms with Gasteiger partial charge in [-0.15, -0.1) is 0 Å². The fourth-order valence-corrected chi connectivity index (χ4v) is 4.18. The van der Waals surface area contributed by atoms with Crippen molar-refractivity contribution >= 4 is 5.91 Å². The molecule has 0 aliphatic heterocycles. The van der Waals surface area contributed by atoms with Crippen molar-refractivity contribution in [2.24, 2.45) is 0 Å². The second-order valence-corrected chi connectivity index (χ2v) is 10.2. The fourth-order valence-electron chi connectivity index (χ4n) is 4.18. The first kappa shape index (κ1) is 34.6. The lowest BCUT2D eigenvalue weighted by molar-refractivity contribution is -0.123. The molecule has 0 aromatic rings. The van der Waals surface area contributed by atoms with Gasteiger partial charge in [0.25, 0.3) is 0 Å². The number of aliphatic hydroxyl groups excluding tert-OH is 2. The molecule has 0 saturated carbocycles. The van der Waals surface area contributed by atoms with Gasteiger partial charge in [-0.05, 0) is 57.8 Å². The summed E-state index contributed by atoms with van der Waals surface area (Å²) in [5.74, 6) is -0.0885. The van der Waals surface area contributed by atoms with Gasteiger partial charge in [0.1, 0.15) is 0 Å². The standard InChI is InChI=1S/C32H59NO3/c1-3-5-7-9-11-13-15-16-17-18-20-22-24-26-28-32(36)33-30(29-34)31(35)27-25-23-21-19-14-12-10-8-6-4-2/h14-16,19,25,27,30-31,34-35H,3-13,17-18,20-24,26,28-29H2,1-2H3,(H,33,36)/b16-15-,19-14+,27-25+. The number of rotatable bonds is 26. The zero-order chi connectivity index (χ0) is 26.5. The molecule has 3 N–H and O–H groups in total. The van der Waals surface area contributed by atoms with Crippen molar-refractivity contribution in [1.29, 1.82) is 0 Å². The Morgan fingerprint density at radius 1 is 0.639 bits per heavy atom. The number of allylic oxidation sites excluding steroid dienone is 5. The topological polar surface area (TPSA) is 69.6 Å². The third-order valence-corrected chi connectivity index (χ3v) is 6.60. The summed E-state index contributed by atoms with van der Waals surface area (Å²) in [6, 6.07) is -0.638. The van der Waals surface area contributed by atoms with Crippen LogP contribution in [0.25, 0.3) is 0 Å². The lowest BCUT2D eigenvalue weighted by Gasteiger charge is -2.19. The highest BCUT2D eigenvalue weighted by atomic mass is 16.3. The van der Waals surface area contributed by atoms with E-state index in [4.69, 9.17) is 0 Å². The summed E-state index contributed by atoms with van der Waals surface area (Å²) in [4.78, 5) is 12.2. The third kappa shape index (κ3) is 24.3. The fraction of sp³-hybridized carbons (Fsp3) is 0.781. The Hall–Kier alpha value is -1.39. The Morgan fingerprint density at radius 3 is 1.64 bits per heavy atom. The molecule has 0 rings (SSSR count). The van der Waals surface area contributed by atoms with Crippen LogP contribution in [-0.4, -0.2) is 34.9 Å². The van der Waals surface area contributed by atoms with Gasteiger partial charge >= 0.3 is 0 Å². The number of amides is 1. The quantitative estimate of drug-likeness (QED) is 0.0817. The van der Waals surface area contributed by atoms with Gasteiger partial charge in [-0.3, -0.25) is 4.79 Å². The van der Waals surface area contributed by atoms with Crippen LogP contribution in [0.1, 0.15) is 142 Å². The molecule has 0 fully saturated rings. The molecular formula is C32H59NO3. The number of hydrogen-bond donors (Lipinski definition) is 3. The maximum Gasteiger partial charge on any atom is 0.220 e. The van der Waals surface area contributed by atoms with Gasteiger partial charge in [0.05, 0.1) is 18.8 Å². The minimum atomic E-state index is -0.860. The molecule has 0 bridgehead atoms. The average Bonchev–Trinajstić information content (AvgIpc) is 2.88. The van der Waals surface area contributed by atoms with Crippen LogP contribution < -0.4 is 5.32 Å². The van der Waals surface area contributed by atoms with Crippen molar-refractivity contribution in [3.63, 3.8) is 0 Å². The van der Waals surface area contributed by atoms with Gasteiger partial charge in [-0.2, -0.15) is 0 Å². The summed E-state index contributed by atoms with van der Waals surface area (Å²) < 4.78 is 0. The van der Waals surface area contributed by atoms with Crippen molar-refractivity contribution in [3.05, 3.63) is 36.5 Å². The van der Waals surface area contributed by atoms with E-state index in [-0.39, 0.29) is 12.5 Å². The summed E-state index contributed by atoms with van der Waals surface area (Å²) in [6.45, 7) is 4.22. The van der Waals surface area contributed by atoms with Crippen molar-refractivity contribution < 1.29 is 15.0 Å². The second-order valence-electron chi connectivity index (χ2n) is 10.2. The van der Waals surface area contributed by atoms with E-state index in [1.165, 1.54) is 77.0 Å². The molecule has 4 heteroatoms. The van der Waals surface area contributed by atoms with Crippen LogP contribution >= 0.6 is 0 Å². The molecule has 0 heterocycles. The smallest absolute Gasteiger partial charge is 0.220 e. The first-order chi connectivity index (χ1) is 17.7. The summed E-state index contributed by atoms with van der Waals surface area (Å²) >= 11 is 0. The normalized spacial score (nSPS) is 13.8. The molecular weight excluding hydrogens is 446 g/mol. The van der Waals surface area contributed by atoms with E-state index in [1.807, 2.05) is 6.08 Å². The van der Waals surface area contributed by atoms with Gasteiger partial charge in [0.2, 0.25) is 5.91 Å². The lowest BCUT2D eigenvalue weighted by atomic mass is 10.1.